The number of ether oxygens (including phenoxy) is 1. The van der Waals surface area contributed by atoms with Crippen molar-refractivity contribution in [1.29, 1.82) is 0 Å². The number of sulfonamides is 1. The van der Waals surface area contributed by atoms with Crippen LogP contribution in [0.15, 0.2) is 29.2 Å². The monoisotopic (exact) mass is 366 g/mol. The van der Waals surface area contributed by atoms with Crippen LogP contribution in [0.2, 0.25) is 0 Å². The molecule has 1 fully saturated rings. The molecule has 1 saturated carbocycles. The Hall–Kier alpha value is -1.81. The summed E-state index contributed by atoms with van der Waals surface area (Å²) in [5, 5.41) is 2.73. The Kier molecular flexibility index (Phi) is 5.70. The van der Waals surface area contributed by atoms with Crippen LogP contribution in [0.1, 0.15) is 25.7 Å². The lowest BCUT2D eigenvalue weighted by atomic mass is 10.2. The molecular formula is C14H17F3N2O4S. The molecular weight excluding hydrogens is 349 g/mol. The summed E-state index contributed by atoms with van der Waals surface area (Å²) in [5.74, 6) is -0.970. The SMILES string of the molecule is O=C(CNS(=O)(=O)c1ccc(OC(F)(F)F)cc1)NC1CCCC1. The first-order chi connectivity index (χ1) is 11.2. The first kappa shape index (κ1) is 18.5. The topological polar surface area (TPSA) is 84.5 Å². The Balaban J connectivity index is 1.90. The van der Waals surface area contributed by atoms with Crippen LogP contribution in [0, 0.1) is 0 Å². The summed E-state index contributed by atoms with van der Waals surface area (Å²) >= 11 is 0. The van der Waals surface area contributed by atoms with Gasteiger partial charge in [0.1, 0.15) is 5.75 Å². The van der Waals surface area contributed by atoms with Crippen molar-refractivity contribution in [3.63, 3.8) is 0 Å². The van der Waals surface area contributed by atoms with Crippen molar-refractivity contribution in [3.8, 4) is 5.75 Å². The molecule has 0 atom stereocenters. The van der Waals surface area contributed by atoms with Crippen molar-refractivity contribution in [2.75, 3.05) is 6.54 Å². The summed E-state index contributed by atoms with van der Waals surface area (Å²) in [5.41, 5.74) is 0. The quantitative estimate of drug-likeness (QED) is 0.806. The minimum atomic E-state index is -4.85. The molecule has 1 aliphatic rings. The number of halogens is 3. The molecule has 2 rings (SSSR count). The third-order valence-corrected chi connectivity index (χ3v) is 4.93. The summed E-state index contributed by atoms with van der Waals surface area (Å²) in [6.07, 6.45) is -1.04. The maximum Gasteiger partial charge on any atom is 0.573 e. The zero-order valence-electron chi connectivity index (χ0n) is 12.6. The van der Waals surface area contributed by atoms with E-state index in [1.165, 1.54) is 0 Å². The van der Waals surface area contributed by atoms with Crippen molar-refractivity contribution < 1.29 is 31.1 Å². The van der Waals surface area contributed by atoms with Crippen molar-refractivity contribution in [2.45, 2.75) is 43.0 Å². The van der Waals surface area contributed by atoms with Gasteiger partial charge in [0.15, 0.2) is 0 Å². The van der Waals surface area contributed by atoms with E-state index in [0.29, 0.717) is 0 Å². The second kappa shape index (κ2) is 7.39. The first-order valence-electron chi connectivity index (χ1n) is 7.30. The van der Waals surface area contributed by atoms with Gasteiger partial charge in [0.2, 0.25) is 15.9 Å². The molecule has 0 spiro atoms. The molecule has 134 valence electrons. The van der Waals surface area contributed by atoms with Gasteiger partial charge < -0.3 is 10.1 Å². The first-order valence-corrected chi connectivity index (χ1v) is 8.79. The molecule has 0 unspecified atom stereocenters. The zero-order valence-corrected chi connectivity index (χ0v) is 13.4. The van der Waals surface area contributed by atoms with E-state index in [-0.39, 0.29) is 10.9 Å². The van der Waals surface area contributed by atoms with E-state index in [1.54, 1.807) is 0 Å². The lowest BCUT2D eigenvalue weighted by Crippen LogP contribution is -2.40. The second-order valence-corrected chi connectivity index (χ2v) is 7.16. The van der Waals surface area contributed by atoms with Crippen LogP contribution >= 0.6 is 0 Å². The van der Waals surface area contributed by atoms with E-state index >= 15 is 0 Å². The molecule has 1 aromatic carbocycles. The second-order valence-electron chi connectivity index (χ2n) is 5.39. The van der Waals surface area contributed by atoms with Gasteiger partial charge in [0.25, 0.3) is 0 Å². The van der Waals surface area contributed by atoms with Gasteiger partial charge in [-0.2, -0.15) is 0 Å². The number of nitrogens with one attached hydrogen (secondary N) is 2. The van der Waals surface area contributed by atoms with E-state index in [1.807, 2.05) is 0 Å². The predicted molar refractivity (Wildman–Crippen MR) is 78.7 cm³/mol. The Morgan fingerprint density at radius 1 is 1.17 bits per heavy atom. The maximum atomic E-state index is 12.1. The molecule has 1 amide bonds. The van der Waals surface area contributed by atoms with E-state index < -0.39 is 34.6 Å². The van der Waals surface area contributed by atoms with E-state index in [4.69, 9.17) is 0 Å². The van der Waals surface area contributed by atoms with Gasteiger partial charge in [-0.3, -0.25) is 4.79 Å². The fourth-order valence-electron chi connectivity index (χ4n) is 2.41. The van der Waals surface area contributed by atoms with Crippen LogP contribution in [0.5, 0.6) is 5.75 Å². The molecule has 0 bridgehead atoms. The Morgan fingerprint density at radius 3 is 2.29 bits per heavy atom. The molecule has 2 N–H and O–H groups in total. The number of carbonyl (C=O) groups is 1. The average molecular weight is 366 g/mol. The number of rotatable bonds is 6. The Labute approximate surface area is 137 Å². The molecule has 0 aliphatic heterocycles. The smallest absolute Gasteiger partial charge is 0.406 e. The van der Waals surface area contributed by atoms with Crippen LogP contribution in [0.4, 0.5) is 13.2 Å². The summed E-state index contributed by atoms with van der Waals surface area (Å²) in [7, 11) is -4.00. The van der Waals surface area contributed by atoms with Crippen LogP contribution in [0.3, 0.4) is 0 Å². The molecule has 6 nitrogen and oxygen atoms in total. The fourth-order valence-corrected chi connectivity index (χ4v) is 3.40. The number of alkyl halides is 3. The average Bonchev–Trinajstić information content (AvgIpc) is 2.97. The normalized spacial score (nSPS) is 16.1. The van der Waals surface area contributed by atoms with Gasteiger partial charge in [-0.1, -0.05) is 12.8 Å². The lowest BCUT2D eigenvalue weighted by molar-refractivity contribution is -0.274. The molecule has 24 heavy (non-hydrogen) atoms. The molecule has 0 aromatic heterocycles. The van der Waals surface area contributed by atoms with E-state index in [2.05, 4.69) is 14.8 Å². The summed E-state index contributed by atoms with van der Waals surface area (Å²) < 4.78 is 66.0. The number of hydrogen-bond donors (Lipinski definition) is 2. The minimum absolute atomic E-state index is 0.0702. The molecule has 1 aromatic rings. The van der Waals surface area contributed by atoms with Gasteiger partial charge in [-0.25, -0.2) is 13.1 Å². The predicted octanol–water partition coefficient (Wildman–Crippen LogP) is 1.92. The highest BCUT2D eigenvalue weighted by Gasteiger charge is 2.31. The largest absolute Gasteiger partial charge is 0.573 e. The van der Waals surface area contributed by atoms with Gasteiger partial charge in [-0.05, 0) is 37.1 Å². The van der Waals surface area contributed by atoms with Gasteiger partial charge in [-0.15, -0.1) is 13.2 Å². The highest BCUT2D eigenvalue weighted by atomic mass is 32.2. The van der Waals surface area contributed by atoms with Crippen molar-refractivity contribution >= 4 is 15.9 Å². The van der Waals surface area contributed by atoms with Crippen molar-refractivity contribution in [1.82, 2.24) is 10.0 Å². The summed E-state index contributed by atoms with van der Waals surface area (Å²) in [6, 6.07) is 3.79. The standard InChI is InChI=1S/C14H17F3N2O4S/c15-14(16,17)23-11-5-7-12(8-6-11)24(21,22)18-9-13(20)19-10-3-1-2-4-10/h5-8,10,18H,1-4,9H2,(H,19,20). The van der Waals surface area contributed by atoms with Crippen LogP contribution in [0.25, 0.3) is 0 Å². The van der Waals surface area contributed by atoms with E-state index in [0.717, 1.165) is 49.9 Å². The zero-order chi connectivity index (χ0) is 17.8. The number of carbonyl (C=O) groups excluding carboxylic acids is 1. The number of amides is 1. The minimum Gasteiger partial charge on any atom is -0.406 e. The molecule has 10 heteroatoms. The van der Waals surface area contributed by atoms with Gasteiger partial charge in [0, 0.05) is 6.04 Å². The highest BCUT2D eigenvalue weighted by Crippen LogP contribution is 2.23. The van der Waals surface area contributed by atoms with Gasteiger partial charge in [0.05, 0.1) is 11.4 Å². The summed E-state index contributed by atoms with van der Waals surface area (Å²) in [4.78, 5) is 11.4. The third kappa shape index (κ3) is 5.68. The highest BCUT2D eigenvalue weighted by molar-refractivity contribution is 7.89. The molecule has 0 heterocycles. The van der Waals surface area contributed by atoms with E-state index in [9.17, 15) is 26.4 Å². The van der Waals surface area contributed by atoms with Crippen molar-refractivity contribution in [3.05, 3.63) is 24.3 Å². The summed E-state index contributed by atoms with van der Waals surface area (Å²) in [6.45, 7) is -0.431. The van der Waals surface area contributed by atoms with Crippen LogP contribution in [-0.2, 0) is 14.8 Å². The maximum absolute atomic E-state index is 12.1. The number of hydrogen-bond acceptors (Lipinski definition) is 4. The van der Waals surface area contributed by atoms with Crippen LogP contribution in [-0.4, -0.2) is 33.3 Å². The lowest BCUT2D eigenvalue weighted by Gasteiger charge is -2.13. The molecule has 0 radical (unpaired) electrons. The number of benzene rings is 1. The van der Waals surface area contributed by atoms with Gasteiger partial charge >= 0.3 is 6.36 Å². The Bertz CT molecular complexity index is 668. The van der Waals surface area contributed by atoms with Crippen LogP contribution < -0.4 is 14.8 Å². The molecule has 1 aliphatic carbocycles. The fraction of sp³-hybridized carbons (Fsp3) is 0.500. The third-order valence-electron chi connectivity index (χ3n) is 3.51. The molecule has 0 saturated heterocycles. The van der Waals surface area contributed by atoms with Crippen molar-refractivity contribution in [2.24, 2.45) is 0 Å². The Morgan fingerprint density at radius 2 is 1.75 bits per heavy atom.